The maximum absolute atomic E-state index is 4.81. The maximum atomic E-state index is 4.81. The summed E-state index contributed by atoms with van der Waals surface area (Å²) >= 11 is 1.91. The summed E-state index contributed by atoms with van der Waals surface area (Å²) in [7, 11) is -1.31. The number of fused-ring (bicyclic) bond motifs is 3. The summed E-state index contributed by atoms with van der Waals surface area (Å²) in [6, 6.07) is 18.1. The van der Waals surface area contributed by atoms with E-state index in [9.17, 15) is 0 Å². The van der Waals surface area contributed by atoms with Crippen LogP contribution >= 0.6 is 11.3 Å². The minimum absolute atomic E-state index is 0.127. The van der Waals surface area contributed by atoms with E-state index in [-0.39, 0.29) is 5.41 Å². The molecule has 0 saturated heterocycles. The van der Waals surface area contributed by atoms with Crippen molar-refractivity contribution in [3.05, 3.63) is 60.3 Å². The summed E-state index contributed by atoms with van der Waals surface area (Å²) in [5.74, 6) is 0. The molecule has 0 bridgehead atoms. The summed E-state index contributed by atoms with van der Waals surface area (Å²) in [5.41, 5.74) is 3.70. The van der Waals surface area contributed by atoms with Crippen LogP contribution in [-0.2, 0) is 5.41 Å². The molecule has 2 aromatic heterocycles. The zero-order chi connectivity index (χ0) is 19.4. The summed E-state index contributed by atoms with van der Waals surface area (Å²) < 4.78 is 2.74. The van der Waals surface area contributed by atoms with Crippen molar-refractivity contribution >= 4 is 44.8 Å². The van der Waals surface area contributed by atoms with E-state index in [2.05, 4.69) is 88.9 Å². The van der Waals surface area contributed by atoms with E-state index in [0.717, 1.165) is 5.69 Å². The third-order valence-electron chi connectivity index (χ3n) is 5.27. The molecule has 0 saturated carbocycles. The molecule has 138 valence electrons. The number of rotatable bonds is 2. The summed E-state index contributed by atoms with van der Waals surface area (Å²) in [5, 5.41) is 4.23. The molecular formula is C24H27NSSi. The van der Waals surface area contributed by atoms with Gasteiger partial charge in [0.2, 0.25) is 0 Å². The zero-order valence-electron chi connectivity index (χ0n) is 17.1. The molecule has 2 aromatic carbocycles. The summed E-state index contributed by atoms with van der Waals surface area (Å²) in [6.07, 6.45) is 2.03. The standard InChI is InChI=1S/C24H27NSSi/c1-24(2,3)16-10-13-21(25-15-16)20-9-7-8-19-18-12-11-17(27(4,5)6)14-22(18)26-23(19)20/h7-15H,1-6H3. The van der Waals surface area contributed by atoms with Gasteiger partial charge in [0.1, 0.15) is 0 Å². The second-order valence-electron chi connectivity index (χ2n) is 9.43. The Morgan fingerprint density at radius 3 is 2.30 bits per heavy atom. The molecule has 0 N–H and O–H groups in total. The molecule has 0 radical (unpaired) electrons. The Kier molecular flexibility index (Phi) is 4.28. The fourth-order valence-electron chi connectivity index (χ4n) is 3.46. The molecule has 3 heteroatoms. The van der Waals surface area contributed by atoms with Crippen LogP contribution in [-0.4, -0.2) is 13.1 Å². The average molecular weight is 390 g/mol. The molecule has 0 atom stereocenters. The number of hydrogen-bond acceptors (Lipinski definition) is 2. The third kappa shape index (κ3) is 3.35. The molecule has 1 nitrogen and oxygen atoms in total. The van der Waals surface area contributed by atoms with Crippen LogP contribution < -0.4 is 5.19 Å². The number of nitrogens with zero attached hydrogens (tertiary/aromatic N) is 1. The lowest BCUT2D eigenvalue weighted by Crippen LogP contribution is -2.37. The molecule has 0 aliphatic carbocycles. The SMILES string of the molecule is CC(C)(C)c1ccc(-c2cccc3c2sc2cc([Si](C)(C)C)ccc23)nc1. The van der Waals surface area contributed by atoms with Crippen LogP contribution in [0.3, 0.4) is 0 Å². The van der Waals surface area contributed by atoms with Gasteiger partial charge in [-0.25, -0.2) is 0 Å². The Labute approximate surface area is 167 Å². The minimum Gasteiger partial charge on any atom is -0.256 e. The fraction of sp³-hybridized carbons (Fsp3) is 0.292. The second kappa shape index (κ2) is 6.28. The topological polar surface area (TPSA) is 12.9 Å². The van der Waals surface area contributed by atoms with E-state index in [1.165, 1.54) is 36.5 Å². The van der Waals surface area contributed by atoms with Crippen molar-refractivity contribution in [1.29, 1.82) is 0 Å². The van der Waals surface area contributed by atoms with Crippen molar-refractivity contribution in [2.75, 3.05) is 0 Å². The predicted molar refractivity (Wildman–Crippen MR) is 124 cm³/mol. The highest BCUT2D eigenvalue weighted by atomic mass is 32.1. The molecule has 0 aliphatic heterocycles. The van der Waals surface area contributed by atoms with E-state index in [0.29, 0.717) is 0 Å². The monoisotopic (exact) mass is 389 g/mol. The van der Waals surface area contributed by atoms with Crippen LogP contribution in [0.15, 0.2) is 54.7 Å². The first-order valence-electron chi connectivity index (χ1n) is 9.57. The smallest absolute Gasteiger partial charge is 0.0776 e. The van der Waals surface area contributed by atoms with E-state index >= 15 is 0 Å². The van der Waals surface area contributed by atoms with Gasteiger partial charge in [0.05, 0.1) is 13.8 Å². The van der Waals surface area contributed by atoms with Crippen LogP contribution in [0.1, 0.15) is 26.3 Å². The van der Waals surface area contributed by atoms with Gasteiger partial charge >= 0.3 is 0 Å². The number of thiophene rings is 1. The lowest BCUT2D eigenvalue weighted by molar-refractivity contribution is 0.587. The number of pyridine rings is 1. The quantitative estimate of drug-likeness (QED) is 0.338. The van der Waals surface area contributed by atoms with Crippen molar-refractivity contribution in [3.8, 4) is 11.3 Å². The molecule has 4 rings (SSSR count). The Morgan fingerprint density at radius 1 is 0.889 bits per heavy atom. The number of hydrogen-bond donors (Lipinski definition) is 0. The van der Waals surface area contributed by atoms with Gasteiger partial charge in [0.15, 0.2) is 0 Å². The van der Waals surface area contributed by atoms with Crippen molar-refractivity contribution in [1.82, 2.24) is 4.98 Å². The van der Waals surface area contributed by atoms with E-state index in [1.54, 1.807) is 0 Å². The first-order valence-corrected chi connectivity index (χ1v) is 13.9. The lowest BCUT2D eigenvalue weighted by atomic mass is 9.88. The van der Waals surface area contributed by atoms with Gasteiger partial charge in [-0.3, -0.25) is 4.98 Å². The fourth-order valence-corrected chi connectivity index (χ4v) is 5.99. The molecule has 0 fully saturated rings. The van der Waals surface area contributed by atoms with E-state index in [4.69, 9.17) is 4.98 Å². The summed E-state index contributed by atoms with van der Waals surface area (Å²) in [6.45, 7) is 13.9. The molecule has 0 unspecified atom stereocenters. The van der Waals surface area contributed by atoms with Gasteiger partial charge in [-0.15, -0.1) is 11.3 Å². The largest absolute Gasteiger partial charge is 0.256 e. The van der Waals surface area contributed by atoms with Crippen LogP contribution in [0.2, 0.25) is 19.6 Å². The highest BCUT2D eigenvalue weighted by molar-refractivity contribution is 7.26. The number of aromatic nitrogens is 1. The predicted octanol–water partition coefficient (Wildman–Crippen LogP) is 6.96. The molecule has 27 heavy (non-hydrogen) atoms. The third-order valence-corrected chi connectivity index (χ3v) is 8.52. The van der Waals surface area contributed by atoms with Crippen molar-refractivity contribution in [3.63, 3.8) is 0 Å². The van der Waals surface area contributed by atoms with Crippen molar-refractivity contribution in [2.45, 2.75) is 45.8 Å². The Morgan fingerprint density at radius 2 is 1.67 bits per heavy atom. The molecule has 0 aliphatic rings. The molecule has 2 heterocycles. The van der Waals surface area contributed by atoms with Crippen molar-refractivity contribution in [2.24, 2.45) is 0 Å². The van der Waals surface area contributed by atoms with Crippen LogP contribution in [0.25, 0.3) is 31.4 Å². The van der Waals surface area contributed by atoms with Gasteiger partial charge in [0, 0.05) is 31.9 Å². The first-order chi connectivity index (χ1) is 12.6. The molecule has 4 aromatic rings. The van der Waals surface area contributed by atoms with Gasteiger partial charge < -0.3 is 0 Å². The Bertz CT molecular complexity index is 1130. The Balaban J connectivity index is 1.89. The second-order valence-corrected chi connectivity index (χ2v) is 15.6. The van der Waals surface area contributed by atoms with Gasteiger partial charge in [-0.1, -0.05) is 82.0 Å². The van der Waals surface area contributed by atoms with E-state index < -0.39 is 8.07 Å². The van der Waals surface area contributed by atoms with Crippen LogP contribution in [0, 0.1) is 0 Å². The maximum Gasteiger partial charge on any atom is 0.0776 e. The van der Waals surface area contributed by atoms with Crippen LogP contribution in [0.5, 0.6) is 0 Å². The zero-order valence-corrected chi connectivity index (χ0v) is 18.9. The van der Waals surface area contributed by atoms with E-state index in [1.807, 2.05) is 17.5 Å². The molecule has 0 amide bonds. The highest BCUT2D eigenvalue weighted by Crippen LogP contribution is 2.39. The van der Waals surface area contributed by atoms with Crippen LogP contribution in [0.4, 0.5) is 0 Å². The van der Waals surface area contributed by atoms with Gasteiger partial charge in [-0.2, -0.15) is 0 Å². The average Bonchev–Trinajstić information content (AvgIpc) is 2.98. The lowest BCUT2D eigenvalue weighted by Gasteiger charge is -2.18. The van der Waals surface area contributed by atoms with Gasteiger partial charge in [-0.05, 0) is 23.1 Å². The normalized spacial score (nSPS) is 12.8. The highest BCUT2D eigenvalue weighted by Gasteiger charge is 2.19. The molecular weight excluding hydrogens is 362 g/mol. The molecule has 0 spiro atoms. The summed E-state index contributed by atoms with van der Waals surface area (Å²) in [4.78, 5) is 4.81. The van der Waals surface area contributed by atoms with Gasteiger partial charge in [0.25, 0.3) is 0 Å². The first kappa shape index (κ1) is 18.4. The Hall–Kier alpha value is -1.97. The van der Waals surface area contributed by atoms with Crippen molar-refractivity contribution < 1.29 is 0 Å². The minimum atomic E-state index is -1.31. The number of benzene rings is 2.